The molecule has 1 heterocycles. The summed E-state index contributed by atoms with van der Waals surface area (Å²) in [7, 11) is 0. The van der Waals surface area contributed by atoms with Crippen LogP contribution in [0.25, 0.3) is 0 Å². The largest absolute Gasteiger partial charge is 0.480 e. The number of halogens is 2. The zero-order valence-corrected chi connectivity index (χ0v) is 11.7. The van der Waals surface area contributed by atoms with E-state index in [-0.39, 0.29) is 18.1 Å². The number of carbonyl (C=O) groups excluding carboxylic acids is 1. The molecule has 1 N–H and O–H groups in total. The minimum absolute atomic E-state index is 0.0860. The average molecular weight is 330 g/mol. The highest BCUT2D eigenvalue weighted by Crippen LogP contribution is 2.21. The SMILES string of the molecule is O=C(O)[C@@H]1CCCN1C(=O)Cc1ccc(F)c(Br)c1. The fourth-order valence-electron chi connectivity index (χ4n) is 2.25. The van der Waals surface area contributed by atoms with E-state index >= 15 is 0 Å². The number of likely N-dealkylation sites (tertiary alicyclic amines) is 1. The molecule has 0 unspecified atom stereocenters. The summed E-state index contributed by atoms with van der Waals surface area (Å²) in [6.45, 7) is 0.470. The van der Waals surface area contributed by atoms with Gasteiger partial charge in [-0.25, -0.2) is 9.18 Å². The number of hydrogen-bond acceptors (Lipinski definition) is 2. The molecule has 0 saturated carbocycles. The summed E-state index contributed by atoms with van der Waals surface area (Å²) in [6, 6.07) is 3.63. The normalized spacial score (nSPS) is 18.6. The van der Waals surface area contributed by atoms with Gasteiger partial charge in [0.15, 0.2) is 0 Å². The first-order valence-electron chi connectivity index (χ1n) is 5.95. The number of aliphatic carboxylic acids is 1. The van der Waals surface area contributed by atoms with E-state index in [2.05, 4.69) is 15.9 Å². The van der Waals surface area contributed by atoms with Gasteiger partial charge in [-0.15, -0.1) is 0 Å². The molecule has 102 valence electrons. The first-order valence-corrected chi connectivity index (χ1v) is 6.74. The van der Waals surface area contributed by atoms with Crippen LogP contribution in [-0.2, 0) is 16.0 Å². The lowest BCUT2D eigenvalue weighted by molar-refractivity contribution is -0.148. The summed E-state index contributed by atoms with van der Waals surface area (Å²) in [5.41, 5.74) is 0.661. The second-order valence-electron chi connectivity index (χ2n) is 4.51. The molecular weight excluding hydrogens is 317 g/mol. The van der Waals surface area contributed by atoms with Crippen molar-refractivity contribution < 1.29 is 19.1 Å². The van der Waals surface area contributed by atoms with Gasteiger partial charge in [0, 0.05) is 6.54 Å². The monoisotopic (exact) mass is 329 g/mol. The van der Waals surface area contributed by atoms with Gasteiger partial charge in [-0.3, -0.25) is 4.79 Å². The van der Waals surface area contributed by atoms with Gasteiger partial charge in [0.2, 0.25) is 5.91 Å². The molecular formula is C13H13BrFNO3. The molecule has 1 saturated heterocycles. The number of rotatable bonds is 3. The average Bonchev–Trinajstić information content (AvgIpc) is 2.83. The number of benzene rings is 1. The van der Waals surface area contributed by atoms with Crippen molar-refractivity contribution in [1.29, 1.82) is 0 Å². The molecule has 0 radical (unpaired) electrons. The quantitative estimate of drug-likeness (QED) is 0.924. The van der Waals surface area contributed by atoms with E-state index in [1.54, 1.807) is 6.07 Å². The summed E-state index contributed by atoms with van der Waals surface area (Å²) >= 11 is 3.06. The first-order chi connectivity index (χ1) is 8.99. The molecule has 1 aliphatic rings. The third-order valence-corrected chi connectivity index (χ3v) is 3.81. The van der Waals surface area contributed by atoms with E-state index in [1.807, 2.05) is 0 Å². The molecule has 0 bridgehead atoms. The van der Waals surface area contributed by atoms with Gasteiger partial charge in [0.05, 0.1) is 10.9 Å². The van der Waals surface area contributed by atoms with Crippen molar-refractivity contribution in [2.45, 2.75) is 25.3 Å². The minimum Gasteiger partial charge on any atom is -0.480 e. The molecule has 0 aromatic heterocycles. The fraction of sp³-hybridized carbons (Fsp3) is 0.385. The van der Waals surface area contributed by atoms with Crippen molar-refractivity contribution in [2.24, 2.45) is 0 Å². The van der Waals surface area contributed by atoms with E-state index in [0.29, 0.717) is 29.4 Å². The Balaban J connectivity index is 2.08. The molecule has 19 heavy (non-hydrogen) atoms. The molecule has 4 nitrogen and oxygen atoms in total. The number of amides is 1. The van der Waals surface area contributed by atoms with Crippen molar-refractivity contribution in [2.75, 3.05) is 6.54 Å². The summed E-state index contributed by atoms with van der Waals surface area (Å²) < 4.78 is 13.4. The van der Waals surface area contributed by atoms with Crippen molar-refractivity contribution in [1.82, 2.24) is 4.90 Å². The zero-order valence-electron chi connectivity index (χ0n) is 10.1. The Labute approximate surface area is 118 Å². The Hall–Kier alpha value is -1.43. The third-order valence-electron chi connectivity index (χ3n) is 3.20. The predicted octanol–water partition coefficient (Wildman–Crippen LogP) is 2.21. The Morgan fingerprint density at radius 1 is 1.47 bits per heavy atom. The highest BCUT2D eigenvalue weighted by atomic mass is 79.9. The second-order valence-corrected chi connectivity index (χ2v) is 5.36. The van der Waals surface area contributed by atoms with Crippen LogP contribution in [0.5, 0.6) is 0 Å². The first kappa shape index (κ1) is 14.0. The lowest BCUT2D eigenvalue weighted by Crippen LogP contribution is -2.41. The maximum atomic E-state index is 13.1. The van der Waals surface area contributed by atoms with E-state index in [1.165, 1.54) is 17.0 Å². The maximum Gasteiger partial charge on any atom is 0.326 e. The molecule has 1 amide bonds. The van der Waals surface area contributed by atoms with Gasteiger partial charge in [-0.2, -0.15) is 0 Å². The molecule has 6 heteroatoms. The van der Waals surface area contributed by atoms with Gasteiger partial charge < -0.3 is 10.0 Å². The molecule has 2 rings (SSSR count). The molecule has 1 aliphatic heterocycles. The Bertz CT molecular complexity index is 521. The Kier molecular flexibility index (Phi) is 4.19. The molecule has 1 atom stereocenters. The third kappa shape index (κ3) is 3.12. The standard InChI is InChI=1S/C13H13BrFNO3/c14-9-6-8(3-4-10(9)15)7-12(17)16-5-1-2-11(16)13(18)19/h3-4,6,11H,1-2,5,7H2,(H,18,19)/t11-/m0/s1. The van der Waals surface area contributed by atoms with Crippen molar-refractivity contribution >= 4 is 27.8 Å². The number of carboxylic acid groups (broad SMARTS) is 1. The minimum atomic E-state index is -0.967. The lowest BCUT2D eigenvalue weighted by Gasteiger charge is -2.21. The van der Waals surface area contributed by atoms with Gasteiger partial charge in [0.1, 0.15) is 11.9 Å². The number of carboxylic acids is 1. The number of hydrogen-bond donors (Lipinski definition) is 1. The summed E-state index contributed by atoms with van der Waals surface area (Å²) in [6.07, 6.45) is 1.28. The van der Waals surface area contributed by atoms with Crippen LogP contribution in [-0.4, -0.2) is 34.5 Å². The Morgan fingerprint density at radius 3 is 2.84 bits per heavy atom. The highest BCUT2D eigenvalue weighted by Gasteiger charge is 2.33. The van der Waals surface area contributed by atoms with Crippen LogP contribution < -0.4 is 0 Å². The van der Waals surface area contributed by atoms with Gasteiger partial charge >= 0.3 is 5.97 Å². The van der Waals surface area contributed by atoms with Crippen LogP contribution in [0.15, 0.2) is 22.7 Å². The highest BCUT2D eigenvalue weighted by molar-refractivity contribution is 9.10. The van der Waals surface area contributed by atoms with E-state index < -0.39 is 12.0 Å². The van der Waals surface area contributed by atoms with Crippen LogP contribution in [0.4, 0.5) is 4.39 Å². The molecule has 1 aromatic carbocycles. The van der Waals surface area contributed by atoms with Crippen LogP contribution in [0.1, 0.15) is 18.4 Å². The van der Waals surface area contributed by atoms with E-state index in [4.69, 9.17) is 5.11 Å². The number of carbonyl (C=O) groups is 2. The van der Waals surface area contributed by atoms with Crippen molar-refractivity contribution in [3.8, 4) is 0 Å². The van der Waals surface area contributed by atoms with Crippen molar-refractivity contribution in [3.63, 3.8) is 0 Å². The molecule has 0 aliphatic carbocycles. The van der Waals surface area contributed by atoms with Gasteiger partial charge in [-0.1, -0.05) is 6.07 Å². The lowest BCUT2D eigenvalue weighted by atomic mass is 10.1. The summed E-state index contributed by atoms with van der Waals surface area (Å²) in [5, 5.41) is 9.03. The van der Waals surface area contributed by atoms with Gasteiger partial charge in [0.25, 0.3) is 0 Å². The van der Waals surface area contributed by atoms with Crippen LogP contribution in [0.2, 0.25) is 0 Å². The van der Waals surface area contributed by atoms with Crippen LogP contribution in [0, 0.1) is 5.82 Å². The van der Waals surface area contributed by atoms with E-state index in [9.17, 15) is 14.0 Å². The molecule has 0 spiro atoms. The van der Waals surface area contributed by atoms with E-state index in [0.717, 1.165) is 0 Å². The fourth-order valence-corrected chi connectivity index (χ4v) is 2.67. The topological polar surface area (TPSA) is 57.6 Å². The summed E-state index contributed by atoms with van der Waals surface area (Å²) in [4.78, 5) is 24.5. The Morgan fingerprint density at radius 2 is 2.21 bits per heavy atom. The van der Waals surface area contributed by atoms with Crippen LogP contribution in [0.3, 0.4) is 0 Å². The second kappa shape index (κ2) is 5.69. The maximum absolute atomic E-state index is 13.1. The zero-order chi connectivity index (χ0) is 14.0. The number of nitrogens with zero attached hydrogens (tertiary/aromatic N) is 1. The molecule has 1 fully saturated rings. The predicted molar refractivity (Wildman–Crippen MR) is 70.2 cm³/mol. The van der Waals surface area contributed by atoms with Crippen molar-refractivity contribution in [3.05, 3.63) is 34.1 Å². The summed E-state index contributed by atoms with van der Waals surface area (Å²) in [5.74, 6) is -1.59. The molecule has 1 aromatic rings. The smallest absolute Gasteiger partial charge is 0.326 e. The van der Waals surface area contributed by atoms with Crippen LogP contribution >= 0.6 is 15.9 Å². The van der Waals surface area contributed by atoms with Gasteiger partial charge in [-0.05, 0) is 46.5 Å².